The molecule has 2 amide bonds. The van der Waals surface area contributed by atoms with E-state index in [-0.39, 0.29) is 23.9 Å². The third kappa shape index (κ3) is 7.31. The van der Waals surface area contributed by atoms with Crippen molar-refractivity contribution in [2.75, 3.05) is 27.3 Å². The van der Waals surface area contributed by atoms with Gasteiger partial charge in [0.25, 0.3) is 0 Å². The Morgan fingerprint density at radius 1 is 0.795 bits per heavy atom. The molecule has 0 saturated carbocycles. The molecule has 0 spiro atoms. The van der Waals surface area contributed by atoms with Crippen LogP contribution in [0.1, 0.15) is 36.1 Å². The number of hydrogen-bond donors (Lipinski definition) is 0. The molecule has 0 saturated heterocycles. The van der Waals surface area contributed by atoms with Gasteiger partial charge < -0.3 is 19.3 Å². The lowest BCUT2D eigenvalue weighted by molar-refractivity contribution is -0.141. The summed E-state index contributed by atoms with van der Waals surface area (Å²) in [6.45, 7) is 5.42. The molecule has 3 rings (SSSR count). The van der Waals surface area contributed by atoms with Crippen LogP contribution in [0.25, 0.3) is 11.1 Å². The third-order valence-electron chi connectivity index (χ3n) is 6.48. The Hall–Kier alpha value is -4.01. The minimum absolute atomic E-state index is 0.0111. The number of urea groups is 1. The first-order valence-electron chi connectivity index (χ1n) is 12.6. The van der Waals surface area contributed by atoms with Crippen molar-refractivity contribution in [1.29, 1.82) is 0 Å². The third-order valence-corrected chi connectivity index (χ3v) is 6.48. The highest BCUT2D eigenvalue weighted by atomic mass is 19.4. The van der Waals surface area contributed by atoms with Crippen LogP contribution in [0.3, 0.4) is 0 Å². The molecule has 0 radical (unpaired) electrons. The summed E-state index contributed by atoms with van der Waals surface area (Å²) in [6.07, 6.45) is -5.24. The van der Waals surface area contributed by atoms with E-state index in [2.05, 4.69) is 4.74 Å². The standard InChI is InChI=1S/C30H33F3N2O4/c1-5-34(19-21-12-8-7-9-13-21)29(37)35(6-2)20-22-14-10-11-15-24(22)25-16-23(17-28(36)39-4)26(30(31,32)33)18-27(25)38-3/h7-16,18H,5-6,17,19-20H2,1-4H3. The van der Waals surface area contributed by atoms with Crippen molar-refractivity contribution in [3.63, 3.8) is 0 Å². The predicted molar refractivity (Wildman–Crippen MR) is 143 cm³/mol. The lowest BCUT2D eigenvalue weighted by Gasteiger charge is -2.30. The maximum Gasteiger partial charge on any atom is 0.416 e. The molecule has 39 heavy (non-hydrogen) atoms. The highest BCUT2D eigenvalue weighted by Gasteiger charge is 2.35. The number of alkyl halides is 3. The van der Waals surface area contributed by atoms with Crippen LogP contribution in [0.2, 0.25) is 0 Å². The van der Waals surface area contributed by atoms with Gasteiger partial charge in [-0.15, -0.1) is 0 Å². The first-order chi connectivity index (χ1) is 18.6. The van der Waals surface area contributed by atoms with E-state index in [4.69, 9.17) is 4.74 Å². The molecule has 0 aliphatic rings. The van der Waals surface area contributed by atoms with Gasteiger partial charge in [0.2, 0.25) is 0 Å². The molecule has 0 aliphatic heterocycles. The predicted octanol–water partition coefficient (Wildman–Crippen LogP) is 6.56. The smallest absolute Gasteiger partial charge is 0.416 e. The number of esters is 1. The fraction of sp³-hybridized carbons (Fsp3) is 0.333. The SMILES string of the molecule is CCN(Cc1ccccc1)C(=O)N(CC)Cc1ccccc1-c1cc(CC(=O)OC)c(C(F)(F)F)cc1OC. The van der Waals surface area contributed by atoms with Gasteiger partial charge in [0.15, 0.2) is 0 Å². The van der Waals surface area contributed by atoms with Crippen LogP contribution < -0.4 is 4.74 Å². The van der Waals surface area contributed by atoms with Gasteiger partial charge in [-0.1, -0.05) is 54.6 Å². The van der Waals surface area contributed by atoms with E-state index in [1.165, 1.54) is 13.2 Å². The molecule has 0 N–H and O–H groups in total. The first kappa shape index (κ1) is 29.5. The Morgan fingerprint density at radius 2 is 1.41 bits per heavy atom. The molecule has 9 heteroatoms. The fourth-order valence-corrected chi connectivity index (χ4v) is 4.40. The number of ether oxygens (including phenoxy) is 2. The molecule has 0 atom stereocenters. The van der Waals surface area contributed by atoms with Crippen molar-refractivity contribution < 1.29 is 32.2 Å². The molecule has 0 unspecified atom stereocenters. The van der Waals surface area contributed by atoms with E-state index in [0.29, 0.717) is 30.8 Å². The van der Waals surface area contributed by atoms with Crippen molar-refractivity contribution in [2.24, 2.45) is 0 Å². The molecule has 3 aromatic carbocycles. The molecular formula is C30H33F3N2O4. The summed E-state index contributed by atoms with van der Waals surface area (Å²) in [4.78, 5) is 28.9. The Labute approximate surface area is 226 Å². The number of carbonyl (C=O) groups excluding carboxylic acids is 2. The molecule has 6 nitrogen and oxygen atoms in total. The summed E-state index contributed by atoms with van der Waals surface area (Å²) in [5.74, 6) is -0.775. The second-order valence-corrected chi connectivity index (χ2v) is 8.91. The average molecular weight is 543 g/mol. The van der Waals surface area contributed by atoms with Gasteiger partial charge in [0.1, 0.15) is 5.75 Å². The minimum Gasteiger partial charge on any atom is -0.496 e. The molecule has 3 aromatic rings. The molecule has 0 heterocycles. The van der Waals surface area contributed by atoms with Gasteiger partial charge in [-0.25, -0.2) is 4.79 Å². The number of halogens is 3. The molecule has 0 aromatic heterocycles. The summed E-state index contributed by atoms with van der Waals surface area (Å²) in [5, 5.41) is 0. The van der Waals surface area contributed by atoms with Gasteiger partial charge >= 0.3 is 18.2 Å². The summed E-state index contributed by atoms with van der Waals surface area (Å²) in [5.41, 5.74) is 1.55. The van der Waals surface area contributed by atoms with Crippen molar-refractivity contribution in [3.8, 4) is 16.9 Å². The van der Waals surface area contributed by atoms with Crippen LogP contribution >= 0.6 is 0 Å². The van der Waals surface area contributed by atoms with E-state index in [1.807, 2.05) is 56.3 Å². The van der Waals surface area contributed by atoms with Crippen LogP contribution in [-0.4, -0.2) is 49.1 Å². The number of amides is 2. The molecule has 0 aliphatic carbocycles. The van der Waals surface area contributed by atoms with Crippen molar-refractivity contribution in [3.05, 3.63) is 89.0 Å². The number of rotatable bonds is 10. The Morgan fingerprint density at radius 3 is 2.00 bits per heavy atom. The Kier molecular flexibility index (Phi) is 9.98. The molecule has 208 valence electrons. The molecule has 0 bridgehead atoms. The van der Waals surface area contributed by atoms with Gasteiger partial charge in [0, 0.05) is 31.7 Å². The van der Waals surface area contributed by atoms with E-state index in [1.54, 1.807) is 21.9 Å². The van der Waals surface area contributed by atoms with Crippen LogP contribution in [0.4, 0.5) is 18.0 Å². The van der Waals surface area contributed by atoms with Crippen LogP contribution in [0, 0.1) is 0 Å². The number of carbonyl (C=O) groups is 2. The Balaban J connectivity index is 2.01. The second kappa shape index (κ2) is 13.2. The van der Waals surface area contributed by atoms with Gasteiger partial charge in [0.05, 0.1) is 26.2 Å². The second-order valence-electron chi connectivity index (χ2n) is 8.91. The molecular weight excluding hydrogens is 509 g/mol. The van der Waals surface area contributed by atoms with Crippen LogP contribution in [0.15, 0.2) is 66.7 Å². The fourth-order valence-electron chi connectivity index (χ4n) is 4.40. The lowest BCUT2D eigenvalue weighted by atomic mass is 9.93. The van der Waals surface area contributed by atoms with Crippen molar-refractivity contribution in [1.82, 2.24) is 9.80 Å². The Bertz CT molecular complexity index is 1280. The summed E-state index contributed by atoms with van der Waals surface area (Å²) in [6, 6.07) is 18.9. The summed E-state index contributed by atoms with van der Waals surface area (Å²) in [7, 11) is 2.43. The van der Waals surface area contributed by atoms with Crippen molar-refractivity contribution in [2.45, 2.75) is 39.5 Å². The van der Waals surface area contributed by atoms with Gasteiger partial charge in [-0.2, -0.15) is 13.2 Å². The maximum atomic E-state index is 13.8. The highest BCUT2D eigenvalue weighted by molar-refractivity contribution is 5.79. The zero-order valence-corrected chi connectivity index (χ0v) is 22.5. The van der Waals surface area contributed by atoms with E-state index in [9.17, 15) is 22.8 Å². The first-order valence-corrected chi connectivity index (χ1v) is 12.6. The zero-order chi connectivity index (χ0) is 28.6. The zero-order valence-electron chi connectivity index (χ0n) is 22.5. The van der Waals surface area contributed by atoms with Crippen LogP contribution in [0.5, 0.6) is 5.75 Å². The lowest BCUT2D eigenvalue weighted by Crippen LogP contribution is -2.42. The summed E-state index contributed by atoms with van der Waals surface area (Å²) >= 11 is 0. The number of benzene rings is 3. The average Bonchev–Trinajstić information content (AvgIpc) is 2.94. The normalized spacial score (nSPS) is 11.2. The monoisotopic (exact) mass is 542 g/mol. The summed E-state index contributed by atoms with van der Waals surface area (Å²) < 4.78 is 51.5. The quantitative estimate of drug-likeness (QED) is 0.272. The van der Waals surface area contributed by atoms with Gasteiger partial charge in [-0.05, 0) is 48.2 Å². The highest BCUT2D eigenvalue weighted by Crippen LogP contribution is 2.41. The van der Waals surface area contributed by atoms with Crippen molar-refractivity contribution >= 4 is 12.0 Å². The number of nitrogens with zero attached hydrogens (tertiary/aromatic N) is 2. The topological polar surface area (TPSA) is 59.1 Å². The maximum absolute atomic E-state index is 13.8. The minimum atomic E-state index is -4.69. The molecule has 0 fully saturated rings. The van der Waals surface area contributed by atoms with E-state index >= 15 is 0 Å². The van der Waals surface area contributed by atoms with Gasteiger partial charge in [-0.3, -0.25) is 4.79 Å². The van der Waals surface area contributed by atoms with E-state index in [0.717, 1.165) is 24.3 Å². The number of methoxy groups -OCH3 is 2. The van der Waals surface area contributed by atoms with Crippen LogP contribution in [-0.2, 0) is 35.2 Å². The number of hydrogen-bond acceptors (Lipinski definition) is 4. The largest absolute Gasteiger partial charge is 0.496 e. The van der Waals surface area contributed by atoms with E-state index < -0.39 is 24.1 Å².